The molecular weight excluding hydrogens is 182 g/mol. The van der Waals surface area contributed by atoms with E-state index in [2.05, 4.69) is 15.4 Å². The van der Waals surface area contributed by atoms with E-state index in [0.717, 1.165) is 6.42 Å². The van der Waals surface area contributed by atoms with Gasteiger partial charge < -0.3 is 10.6 Å². The molecule has 1 rings (SSSR count). The summed E-state index contributed by atoms with van der Waals surface area (Å²) in [6, 6.07) is 0.115. The van der Waals surface area contributed by atoms with Gasteiger partial charge in [-0.3, -0.25) is 4.79 Å². The van der Waals surface area contributed by atoms with E-state index in [-0.39, 0.29) is 11.9 Å². The molecular formula is C8H15N5O. The highest BCUT2D eigenvalue weighted by molar-refractivity contribution is 5.91. The Hall–Kier alpha value is -1.43. The Morgan fingerprint density at radius 3 is 3.00 bits per heavy atom. The molecule has 1 heterocycles. The van der Waals surface area contributed by atoms with E-state index < -0.39 is 0 Å². The average Bonchev–Trinajstić information content (AvgIpc) is 2.68. The smallest absolute Gasteiger partial charge is 0.276 e. The van der Waals surface area contributed by atoms with E-state index in [1.807, 2.05) is 6.92 Å². The number of nitrogens with zero attached hydrogens (tertiary/aromatic N) is 3. The van der Waals surface area contributed by atoms with Gasteiger partial charge in [0.1, 0.15) is 0 Å². The fraction of sp³-hybridized carbons (Fsp3) is 0.625. The van der Waals surface area contributed by atoms with Crippen LogP contribution in [0.15, 0.2) is 6.20 Å². The first-order valence-corrected chi connectivity index (χ1v) is 4.49. The van der Waals surface area contributed by atoms with Crippen molar-refractivity contribution in [3.8, 4) is 0 Å². The van der Waals surface area contributed by atoms with E-state index in [9.17, 15) is 4.79 Å². The average molecular weight is 197 g/mol. The van der Waals surface area contributed by atoms with Crippen molar-refractivity contribution in [2.24, 2.45) is 5.73 Å². The van der Waals surface area contributed by atoms with Crippen LogP contribution < -0.4 is 5.73 Å². The fourth-order valence-corrected chi connectivity index (χ4v) is 1.12. The molecule has 0 saturated heterocycles. The molecule has 1 amide bonds. The first-order chi connectivity index (χ1) is 6.66. The molecule has 78 valence electrons. The van der Waals surface area contributed by atoms with Crippen LogP contribution in [0.1, 0.15) is 23.8 Å². The summed E-state index contributed by atoms with van der Waals surface area (Å²) in [7, 11) is 1.73. The molecule has 1 aromatic heterocycles. The van der Waals surface area contributed by atoms with Crippen molar-refractivity contribution in [3.05, 3.63) is 11.9 Å². The summed E-state index contributed by atoms with van der Waals surface area (Å²) in [4.78, 5) is 13.3. The second-order valence-corrected chi connectivity index (χ2v) is 3.20. The Morgan fingerprint density at radius 2 is 2.50 bits per heavy atom. The summed E-state index contributed by atoms with van der Waals surface area (Å²) in [6.07, 6.45) is 2.19. The Morgan fingerprint density at radius 1 is 1.79 bits per heavy atom. The Bertz CT molecular complexity index is 284. The molecule has 6 nitrogen and oxygen atoms in total. The highest BCUT2D eigenvalue weighted by Gasteiger charge is 2.18. The number of nitrogens with two attached hydrogens (primary N) is 1. The van der Waals surface area contributed by atoms with Gasteiger partial charge in [0.25, 0.3) is 5.91 Å². The van der Waals surface area contributed by atoms with Gasteiger partial charge in [-0.15, -0.1) is 0 Å². The second-order valence-electron chi connectivity index (χ2n) is 3.20. The lowest BCUT2D eigenvalue weighted by molar-refractivity contribution is 0.0733. The normalized spacial score (nSPS) is 12.5. The zero-order chi connectivity index (χ0) is 10.6. The lowest BCUT2D eigenvalue weighted by Gasteiger charge is -2.23. The van der Waals surface area contributed by atoms with Crippen LogP contribution in [-0.2, 0) is 0 Å². The maximum Gasteiger partial charge on any atom is 0.276 e. The lowest BCUT2D eigenvalue weighted by Crippen LogP contribution is -2.36. The van der Waals surface area contributed by atoms with Gasteiger partial charge in [-0.05, 0) is 19.9 Å². The molecule has 3 N–H and O–H groups in total. The van der Waals surface area contributed by atoms with E-state index in [4.69, 9.17) is 5.73 Å². The van der Waals surface area contributed by atoms with Crippen LogP contribution in [-0.4, -0.2) is 45.9 Å². The van der Waals surface area contributed by atoms with Crippen LogP contribution in [0.2, 0.25) is 0 Å². The van der Waals surface area contributed by atoms with Gasteiger partial charge in [0.2, 0.25) is 0 Å². The predicted molar refractivity (Wildman–Crippen MR) is 51.6 cm³/mol. The third-order valence-corrected chi connectivity index (χ3v) is 2.20. The number of aromatic amines is 1. The molecule has 0 aliphatic heterocycles. The molecule has 0 saturated carbocycles. The molecule has 1 atom stereocenters. The van der Waals surface area contributed by atoms with Crippen LogP contribution in [0.4, 0.5) is 0 Å². The molecule has 14 heavy (non-hydrogen) atoms. The SMILES string of the molecule is CC(CCN)N(C)C(=O)c1cn[nH]n1. The molecule has 0 radical (unpaired) electrons. The lowest BCUT2D eigenvalue weighted by atomic mass is 10.2. The maximum absolute atomic E-state index is 11.7. The van der Waals surface area contributed by atoms with Gasteiger partial charge in [-0.25, -0.2) is 0 Å². The Kier molecular flexibility index (Phi) is 3.58. The maximum atomic E-state index is 11.7. The number of nitrogens with one attached hydrogen (secondary N) is 1. The summed E-state index contributed by atoms with van der Waals surface area (Å²) in [5.74, 6) is -0.139. The number of rotatable bonds is 4. The number of aromatic nitrogens is 3. The number of H-pyrrole nitrogens is 1. The summed E-state index contributed by atoms with van der Waals surface area (Å²) in [5.41, 5.74) is 5.74. The number of carbonyl (C=O) groups is 1. The highest BCUT2D eigenvalue weighted by Crippen LogP contribution is 2.04. The van der Waals surface area contributed by atoms with Gasteiger partial charge in [-0.1, -0.05) is 0 Å². The number of carbonyl (C=O) groups excluding carboxylic acids is 1. The monoisotopic (exact) mass is 197 g/mol. The van der Waals surface area contributed by atoms with Crippen LogP contribution in [0.3, 0.4) is 0 Å². The van der Waals surface area contributed by atoms with Gasteiger partial charge >= 0.3 is 0 Å². The molecule has 0 spiro atoms. The molecule has 0 aromatic carbocycles. The van der Waals surface area contributed by atoms with Crippen molar-refractivity contribution in [1.82, 2.24) is 20.3 Å². The summed E-state index contributed by atoms with van der Waals surface area (Å²) in [6.45, 7) is 2.52. The van der Waals surface area contributed by atoms with Gasteiger partial charge in [0, 0.05) is 13.1 Å². The van der Waals surface area contributed by atoms with Crippen LogP contribution in [0.25, 0.3) is 0 Å². The van der Waals surface area contributed by atoms with Crippen molar-refractivity contribution in [2.75, 3.05) is 13.6 Å². The summed E-state index contributed by atoms with van der Waals surface area (Å²) < 4.78 is 0. The van der Waals surface area contributed by atoms with Crippen LogP contribution in [0.5, 0.6) is 0 Å². The van der Waals surface area contributed by atoms with E-state index in [1.165, 1.54) is 6.20 Å². The van der Waals surface area contributed by atoms with Gasteiger partial charge in [0.05, 0.1) is 6.20 Å². The van der Waals surface area contributed by atoms with Gasteiger partial charge in [0.15, 0.2) is 5.69 Å². The van der Waals surface area contributed by atoms with E-state index in [0.29, 0.717) is 12.2 Å². The molecule has 0 aliphatic rings. The van der Waals surface area contributed by atoms with Crippen molar-refractivity contribution in [1.29, 1.82) is 0 Å². The minimum absolute atomic E-state index is 0.115. The first kappa shape index (κ1) is 10.6. The topological polar surface area (TPSA) is 87.9 Å². The van der Waals surface area contributed by atoms with Crippen molar-refractivity contribution in [3.63, 3.8) is 0 Å². The third-order valence-electron chi connectivity index (χ3n) is 2.20. The number of hydrogen-bond donors (Lipinski definition) is 2. The minimum Gasteiger partial charge on any atom is -0.338 e. The van der Waals surface area contributed by atoms with Gasteiger partial charge in [-0.2, -0.15) is 15.4 Å². The highest BCUT2D eigenvalue weighted by atomic mass is 16.2. The van der Waals surface area contributed by atoms with Crippen molar-refractivity contribution in [2.45, 2.75) is 19.4 Å². The van der Waals surface area contributed by atoms with Crippen LogP contribution >= 0.6 is 0 Å². The van der Waals surface area contributed by atoms with E-state index >= 15 is 0 Å². The Labute approximate surface area is 82.5 Å². The summed E-state index contributed by atoms with van der Waals surface area (Å²) >= 11 is 0. The molecule has 1 aromatic rings. The molecule has 0 bridgehead atoms. The first-order valence-electron chi connectivity index (χ1n) is 4.49. The zero-order valence-corrected chi connectivity index (χ0v) is 8.40. The summed E-state index contributed by atoms with van der Waals surface area (Å²) in [5, 5.41) is 9.71. The molecule has 0 fully saturated rings. The molecule has 1 unspecified atom stereocenters. The second kappa shape index (κ2) is 4.71. The quantitative estimate of drug-likeness (QED) is 0.688. The minimum atomic E-state index is -0.139. The molecule has 0 aliphatic carbocycles. The van der Waals surface area contributed by atoms with Crippen LogP contribution in [0, 0.1) is 0 Å². The fourth-order valence-electron chi connectivity index (χ4n) is 1.12. The van der Waals surface area contributed by atoms with Crippen molar-refractivity contribution < 1.29 is 4.79 Å². The number of hydrogen-bond acceptors (Lipinski definition) is 4. The predicted octanol–water partition coefficient (Wildman–Crippen LogP) is -0.386. The van der Waals surface area contributed by atoms with E-state index in [1.54, 1.807) is 11.9 Å². The standard InChI is InChI=1S/C8H15N5O/c1-6(3-4-9)13(2)8(14)7-5-10-12-11-7/h5-6H,3-4,9H2,1-2H3,(H,10,11,12). The Balaban J connectivity index is 2.61. The third kappa shape index (κ3) is 2.29. The number of amides is 1. The molecule has 6 heteroatoms. The van der Waals surface area contributed by atoms with Crippen molar-refractivity contribution >= 4 is 5.91 Å². The largest absolute Gasteiger partial charge is 0.338 e. The zero-order valence-electron chi connectivity index (χ0n) is 8.40.